The molecule has 0 radical (unpaired) electrons. The predicted octanol–water partition coefficient (Wildman–Crippen LogP) is 2.61. The molecule has 0 bridgehead atoms. The molecule has 1 amide bonds. The van der Waals surface area contributed by atoms with Gasteiger partial charge in [0.1, 0.15) is 5.82 Å². The number of carboxylic acids is 1. The summed E-state index contributed by atoms with van der Waals surface area (Å²) in [5.41, 5.74) is -0.103. The number of halogens is 1. The van der Waals surface area contributed by atoms with E-state index < -0.39 is 17.7 Å². The second-order valence-corrected chi connectivity index (χ2v) is 5.00. The van der Waals surface area contributed by atoms with Gasteiger partial charge in [0, 0.05) is 19.0 Å². The molecule has 0 saturated heterocycles. The van der Waals surface area contributed by atoms with Crippen molar-refractivity contribution in [2.45, 2.75) is 32.1 Å². The van der Waals surface area contributed by atoms with Crippen LogP contribution in [0.1, 0.15) is 42.5 Å². The van der Waals surface area contributed by atoms with Crippen molar-refractivity contribution in [1.29, 1.82) is 0 Å². The minimum absolute atomic E-state index is 0.103. The average Bonchev–Trinajstić information content (AvgIpc) is 2.53. The van der Waals surface area contributed by atoms with Crippen LogP contribution in [0.2, 0.25) is 0 Å². The summed E-state index contributed by atoms with van der Waals surface area (Å²) in [5.74, 6) is -1.49. The number of carbonyl (C=O) groups is 2. The minimum Gasteiger partial charge on any atom is -0.493 e. The average molecular weight is 327 g/mol. The van der Waals surface area contributed by atoms with E-state index in [1.165, 1.54) is 20.3 Å². The van der Waals surface area contributed by atoms with Crippen molar-refractivity contribution in [3.05, 3.63) is 23.5 Å². The maximum atomic E-state index is 13.9. The lowest BCUT2D eigenvalue weighted by atomic mass is 10.1. The van der Waals surface area contributed by atoms with Crippen molar-refractivity contribution < 1.29 is 28.6 Å². The largest absolute Gasteiger partial charge is 0.493 e. The van der Waals surface area contributed by atoms with Crippen LogP contribution in [0.25, 0.3) is 0 Å². The molecule has 0 aromatic heterocycles. The minimum atomic E-state index is -0.803. The first kappa shape index (κ1) is 18.7. The normalized spacial score (nSPS) is 10.2. The molecule has 1 rings (SSSR count). The number of nitrogens with one attached hydrogen (secondary N) is 1. The molecule has 6 nitrogen and oxygen atoms in total. The molecular formula is C16H22FNO5. The molecule has 7 heteroatoms. The fourth-order valence-electron chi connectivity index (χ4n) is 2.08. The Kier molecular flexibility index (Phi) is 7.87. The second-order valence-electron chi connectivity index (χ2n) is 5.00. The molecule has 0 saturated carbocycles. The molecule has 1 aromatic carbocycles. The highest BCUT2D eigenvalue weighted by Gasteiger charge is 2.16. The van der Waals surface area contributed by atoms with Gasteiger partial charge in [-0.15, -0.1) is 0 Å². The molecule has 128 valence electrons. The SMILES string of the molecule is COc1cc(F)c(C(=O)NCCCCCCC(=O)O)cc1OC. The van der Waals surface area contributed by atoms with Crippen molar-refractivity contribution in [2.24, 2.45) is 0 Å². The van der Waals surface area contributed by atoms with E-state index in [-0.39, 0.29) is 23.5 Å². The van der Waals surface area contributed by atoms with Crippen molar-refractivity contribution in [1.82, 2.24) is 5.32 Å². The first-order chi connectivity index (χ1) is 11.0. The highest BCUT2D eigenvalue weighted by Crippen LogP contribution is 2.29. The molecule has 0 fully saturated rings. The van der Waals surface area contributed by atoms with Crippen LogP contribution in [0.15, 0.2) is 12.1 Å². The van der Waals surface area contributed by atoms with Crippen LogP contribution in [0.3, 0.4) is 0 Å². The van der Waals surface area contributed by atoms with Crippen molar-refractivity contribution in [3.8, 4) is 11.5 Å². The molecule has 0 spiro atoms. The summed E-state index contributed by atoms with van der Waals surface area (Å²) in [7, 11) is 2.80. The van der Waals surface area contributed by atoms with Crippen LogP contribution >= 0.6 is 0 Å². The topological polar surface area (TPSA) is 84.9 Å². The van der Waals surface area contributed by atoms with E-state index in [9.17, 15) is 14.0 Å². The van der Waals surface area contributed by atoms with Gasteiger partial charge >= 0.3 is 5.97 Å². The van der Waals surface area contributed by atoms with Gasteiger partial charge in [0.15, 0.2) is 11.5 Å². The second kappa shape index (κ2) is 9.66. The van der Waals surface area contributed by atoms with Gasteiger partial charge in [0.25, 0.3) is 5.91 Å². The van der Waals surface area contributed by atoms with Gasteiger partial charge in [0.05, 0.1) is 19.8 Å². The lowest BCUT2D eigenvalue weighted by Gasteiger charge is -2.11. The summed E-state index contributed by atoms with van der Waals surface area (Å²) < 4.78 is 23.9. The Morgan fingerprint density at radius 1 is 1.09 bits per heavy atom. The molecule has 0 unspecified atom stereocenters. The fourth-order valence-corrected chi connectivity index (χ4v) is 2.08. The zero-order valence-corrected chi connectivity index (χ0v) is 13.4. The van der Waals surface area contributed by atoms with Crippen molar-refractivity contribution in [2.75, 3.05) is 20.8 Å². The fraction of sp³-hybridized carbons (Fsp3) is 0.500. The van der Waals surface area contributed by atoms with Gasteiger partial charge in [-0.05, 0) is 18.9 Å². The maximum absolute atomic E-state index is 13.9. The molecule has 0 aliphatic carbocycles. The Balaban J connectivity index is 2.44. The number of aliphatic carboxylic acids is 1. The third-order valence-corrected chi connectivity index (χ3v) is 3.32. The van der Waals surface area contributed by atoms with Gasteiger partial charge in [0.2, 0.25) is 0 Å². The number of methoxy groups -OCH3 is 2. The third-order valence-electron chi connectivity index (χ3n) is 3.32. The monoisotopic (exact) mass is 327 g/mol. The molecule has 0 atom stereocenters. The molecule has 1 aromatic rings. The standard InChI is InChI=1S/C16H22FNO5/c1-22-13-9-11(12(17)10-14(13)23-2)16(21)18-8-6-4-3-5-7-15(19)20/h9-10H,3-8H2,1-2H3,(H,18,21)(H,19,20). The Morgan fingerprint density at radius 3 is 2.30 bits per heavy atom. The zero-order chi connectivity index (χ0) is 17.2. The zero-order valence-electron chi connectivity index (χ0n) is 13.4. The Bertz CT molecular complexity index is 548. The Labute approximate surface area is 134 Å². The summed E-state index contributed by atoms with van der Waals surface area (Å²) in [5, 5.41) is 11.1. The number of ether oxygens (including phenoxy) is 2. The third kappa shape index (κ3) is 6.14. The Morgan fingerprint density at radius 2 is 1.70 bits per heavy atom. The number of carboxylic acid groups (broad SMARTS) is 1. The van der Waals surface area contributed by atoms with Crippen LogP contribution in [0, 0.1) is 5.82 Å². The number of unbranched alkanes of at least 4 members (excludes halogenated alkanes) is 3. The van der Waals surface area contributed by atoms with E-state index in [0.29, 0.717) is 19.4 Å². The first-order valence-electron chi connectivity index (χ1n) is 7.41. The lowest BCUT2D eigenvalue weighted by molar-refractivity contribution is -0.137. The van der Waals surface area contributed by atoms with Crippen LogP contribution in [0.5, 0.6) is 11.5 Å². The summed E-state index contributed by atoms with van der Waals surface area (Å²) in [6.45, 7) is 0.402. The van der Waals surface area contributed by atoms with Gasteiger partial charge < -0.3 is 19.9 Å². The van der Waals surface area contributed by atoms with Crippen LogP contribution in [0.4, 0.5) is 4.39 Å². The smallest absolute Gasteiger partial charge is 0.303 e. The molecule has 23 heavy (non-hydrogen) atoms. The van der Waals surface area contributed by atoms with Gasteiger partial charge in [-0.25, -0.2) is 4.39 Å². The predicted molar refractivity (Wildman–Crippen MR) is 82.6 cm³/mol. The van der Waals surface area contributed by atoms with E-state index in [1.807, 2.05) is 0 Å². The number of hydrogen-bond donors (Lipinski definition) is 2. The van der Waals surface area contributed by atoms with Gasteiger partial charge in [-0.3, -0.25) is 9.59 Å². The summed E-state index contributed by atoms with van der Waals surface area (Å²) in [4.78, 5) is 22.3. The quantitative estimate of drug-likeness (QED) is 0.645. The van der Waals surface area contributed by atoms with Gasteiger partial charge in [-0.2, -0.15) is 0 Å². The maximum Gasteiger partial charge on any atom is 0.303 e. The number of benzene rings is 1. The van der Waals surface area contributed by atoms with Gasteiger partial charge in [-0.1, -0.05) is 12.8 Å². The number of hydrogen-bond acceptors (Lipinski definition) is 4. The van der Waals surface area contributed by atoms with E-state index in [1.54, 1.807) is 0 Å². The number of rotatable bonds is 10. The van der Waals surface area contributed by atoms with Crippen LogP contribution < -0.4 is 14.8 Å². The van der Waals surface area contributed by atoms with E-state index in [2.05, 4.69) is 5.32 Å². The molecule has 0 heterocycles. The summed E-state index contributed by atoms with van der Waals surface area (Å²) >= 11 is 0. The van der Waals surface area contributed by atoms with E-state index in [0.717, 1.165) is 18.9 Å². The van der Waals surface area contributed by atoms with Crippen LogP contribution in [-0.4, -0.2) is 37.7 Å². The highest BCUT2D eigenvalue weighted by atomic mass is 19.1. The highest BCUT2D eigenvalue weighted by molar-refractivity contribution is 5.95. The number of carbonyl (C=O) groups excluding carboxylic acids is 1. The van der Waals surface area contributed by atoms with Crippen molar-refractivity contribution in [3.63, 3.8) is 0 Å². The Hall–Kier alpha value is -2.31. The summed E-state index contributed by atoms with van der Waals surface area (Å²) in [6.07, 6.45) is 3.08. The summed E-state index contributed by atoms with van der Waals surface area (Å²) in [6, 6.07) is 2.41. The van der Waals surface area contributed by atoms with Crippen molar-refractivity contribution >= 4 is 11.9 Å². The molecule has 0 aliphatic heterocycles. The molecular weight excluding hydrogens is 305 g/mol. The van der Waals surface area contributed by atoms with E-state index in [4.69, 9.17) is 14.6 Å². The van der Waals surface area contributed by atoms with E-state index >= 15 is 0 Å². The molecule has 0 aliphatic rings. The molecule has 2 N–H and O–H groups in total. The first-order valence-corrected chi connectivity index (χ1v) is 7.41. The number of amides is 1. The van der Waals surface area contributed by atoms with Crippen LogP contribution in [-0.2, 0) is 4.79 Å². The lowest BCUT2D eigenvalue weighted by Crippen LogP contribution is -2.25.